The molecule has 4 amide bonds. The molecule has 1 atom stereocenters. The first-order chi connectivity index (χ1) is 17.2. The Balaban J connectivity index is 1.59. The van der Waals surface area contributed by atoms with Crippen LogP contribution in [-0.2, 0) is 4.79 Å². The summed E-state index contributed by atoms with van der Waals surface area (Å²) in [6.07, 6.45) is 0. The zero-order valence-electron chi connectivity index (χ0n) is 19.3. The zero-order chi connectivity index (χ0) is 26.0. The van der Waals surface area contributed by atoms with Gasteiger partial charge in [0.15, 0.2) is 11.6 Å². The van der Waals surface area contributed by atoms with E-state index in [2.05, 4.69) is 10.6 Å². The van der Waals surface area contributed by atoms with Gasteiger partial charge in [-0.25, -0.2) is 13.7 Å². The third-order valence-corrected chi connectivity index (χ3v) is 5.62. The van der Waals surface area contributed by atoms with Crippen molar-refractivity contribution >= 4 is 29.3 Å². The predicted octanol–water partition coefficient (Wildman–Crippen LogP) is 3.38. The van der Waals surface area contributed by atoms with Gasteiger partial charge in [0.05, 0.1) is 23.4 Å². The Morgan fingerprint density at radius 2 is 1.61 bits per heavy atom. The predicted molar refractivity (Wildman–Crippen MR) is 126 cm³/mol. The maximum atomic E-state index is 13.7. The monoisotopic (exact) mass is 493 g/mol. The van der Waals surface area contributed by atoms with Gasteiger partial charge in [0, 0.05) is 12.6 Å². The van der Waals surface area contributed by atoms with Crippen LogP contribution in [0.3, 0.4) is 0 Å². The van der Waals surface area contributed by atoms with Gasteiger partial charge in [-0.3, -0.25) is 19.2 Å². The lowest BCUT2D eigenvalue weighted by Gasteiger charge is -2.18. The molecule has 0 aliphatic carbocycles. The number of hydrogen-bond donors (Lipinski definition) is 2. The van der Waals surface area contributed by atoms with Gasteiger partial charge in [-0.2, -0.15) is 0 Å². The highest BCUT2D eigenvalue weighted by atomic mass is 19.2. The van der Waals surface area contributed by atoms with Crippen LogP contribution in [0.5, 0.6) is 5.75 Å². The third kappa shape index (κ3) is 4.52. The zero-order valence-corrected chi connectivity index (χ0v) is 19.3. The Kier molecular flexibility index (Phi) is 6.77. The molecule has 3 aromatic carbocycles. The number of halogens is 2. The number of benzene rings is 3. The summed E-state index contributed by atoms with van der Waals surface area (Å²) in [5.41, 5.74) is 0.504. The maximum absolute atomic E-state index is 13.7. The van der Waals surface area contributed by atoms with Gasteiger partial charge < -0.3 is 15.4 Å². The number of carbonyl (C=O) groups excluding carboxylic acids is 4. The van der Waals surface area contributed by atoms with Crippen molar-refractivity contribution in [1.29, 1.82) is 0 Å². The first-order valence-corrected chi connectivity index (χ1v) is 11.0. The lowest BCUT2D eigenvalue weighted by atomic mass is 10.0. The fourth-order valence-corrected chi connectivity index (χ4v) is 3.83. The number of nitrogens with one attached hydrogen (secondary N) is 2. The van der Waals surface area contributed by atoms with Crippen molar-refractivity contribution < 1.29 is 32.7 Å². The van der Waals surface area contributed by atoms with Crippen LogP contribution in [0.2, 0.25) is 0 Å². The van der Waals surface area contributed by atoms with Crippen LogP contribution >= 0.6 is 0 Å². The third-order valence-electron chi connectivity index (χ3n) is 5.62. The smallest absolute Gasteiger partial charge is 0.266 e. The average molecular weight is 493 g/mol. The summed E-state index contributed by atoms with van der Waals surface area (Å²) < 4.78 is 32.5. The molecule has 0 bridgehead atoms. The first-order valence-electron chi connectivity index (χ1n) is 11.0. The quantitative estimate of drug-likeness (QED) is 0.491. The van der Waals surface area contributed by atoms with E-state index in [1.165, 1.54) is 31.3 Å². The molecule has 0 spiro atoms. The second-order valence-electron chi connectivity index (χ2n) is 7.83. The molecule has 36 heavy (non-hydrogen) atoms. The number of imide groups is 1. The Labute approximate surface area is 204 Å². The van der Waals surface area contributed by atoms with Crippen LogP contribution in [-0.4, -0.2) is 37.3 Å². The molecule has 0 fully saturated rings. The number of fused-ring (bicyclic) bond motifs is 1. The summed E-state index contributed by atoms with van der Waals surface area (Å²) in [4.78, 5) is 52.3. The topological polar surface area (TPSA) is 105 Å². The Morgan fingerprint density at radius 3 is 2.25 bits per heavy atom. The molecular formula is C26H21F2N3O5. The van der Waals surface area contributed by atoms with E-state index in [0.717, 1.165) is 17.0 Å². The molecule has 0 aromatic heterocycles. The highest BCUT2D eigenvalue weighted by Gasteiger charge is 2.37. The molecule has 0 saturated carbocycles. The Hall–Kier alpha value is -4.60. The largest absolute Gasteiger partial charge is 0.494 e. The number of anilines is 1. The number of likely N-dealkylation sites (N-methyl/N-ethyl adjacent to an activating group) is 1. The second kappa shape index (κ2) is 9.95. The van der Waals surface area contributed by atoms with Gasteiger partial charge in [0.1, 0.15) is 11.8 Å². The van der Waals surface area contributed by atoms with E-state index in [0.29, 0.717) is 18.0 Å². The fraction of sp³-hybridized carbons (Fsp3) is 0.154. The number of amides is 4. The summed E-state index contributed by atoms with van der Waals surface area (Å²) in [5.74, 6) is -4.26. The molecule has 0 radical (unpaired) electrons. The van der Waals surface area contributed by atoms with Crippen LogP contribution in [0.25, 0.3) is 0 Å². The molecule has 3 aromatic rings. The van der Waals surface area contributed by atoms with Crippen LogP contribution in [0.1, 0.15) is 49.6 Å². The SMILES string of the molecule is CCOc1ccc(N2C(=O)c3ccc(C(=O)NC(C(=O)NC)c4ccc(F)c(F)c4)cc3C2=O)cc1. The van der Waals surface area contributed by atoms with Crippen molar-refractivity contribution in [2.24, 2.45) is 0 Å². The summed E-state index contributed by atoms with van der Waals surface area (Å²) in [7, 11) is 1.33. The number of hydrogen-bond acceptors (Lipinski definition) is 5. The van der Waals surface area contributed by atoms with Gasteiger partial charge in [-0.05, 0) is 67.1 Å². The fourth-order valence-electron chi connectivity index (χ4n) is 3.83. The van der Waals surface area contributed by atoms with Crippen molar-refractivity contribution in [3.05, 3.63) is 94.6 Å². The Morgan fingerprint density at radius 1 is 0.917 bits per heavy atom. The molecule has 4 rings (SSSR count). The number of carbonyl (C=O) groups is 4. The molecular weight excluding hydrogens is 472 g/mol. The summed E-state index contributed by atoms with van der Waals surface area (Å²) in [6, 6.07) is 11.9. The minimum atomic E-state index is -1.33. The van der Waals surface area contributed by atoms with Crippen LogP contribution < -0.4 is 20.3 Å². The molecule has 1 aliphatic heterocycles. The molecule has 8 nitrogen and oxygen atoms in total. The van der Waals surface area contributed by atoms with Crippen molar-refractivity contribution in [2.75, 3.05) is 18.6 Å². The standard InChI is InChI=1S/C26H21F2N3O5/c1-3-36-17-8-6-16(7-9-17)31-25(34)18-10-4-15(12-19(18)26(31)35)23(32)30-22(24(33)29-2)14-5-11-20(27)21(28)13-14/h4-13,22H,3H2,1-2H3,(H,29,33)(H,30,32). The summed E-state index contributed by atoms with van der Waals surface area (Å²) in [5, 5.41) is 4.82. The maximum Gasteiger partial charge on any atom is 0.266 e. The van der Waals surface area contributed by atoms with Gasteiger partial charge in [0.25, 0.3) is 17.7 Å². The van der Waals surface area contributed by atoms with Crippen molar-refractivity contribution in [1.82, 2.24) is 10.6 Å². The number of rotatable bonds is 7. The first kappa shape index (κ1) is 24.5. The molecule has 184 valence electrons. The lowest BCUT2D eigenvalue weighted by molar-refractivity contribution is -0.122. The summed E-state index contributed by atoms with van der Waals surface area (Å²) in [6.45, 7) is 2.30. The van der Waals surface area contributed by atoms with Crippen LogP contribution in [0.15, 0.2) is 60.7 Å². The van der Waals surface area contributed by atoms with Crippen molar-refractivity contribution in [2.45, 2.75) is 13.0 Å². The van der Waals surface area contributed by atoms with Gasteiger partial charge in [-0.15, -0.1) is 0 Å². The molecule has 1 heterocycles. The second-order valence-corrected chi connectivity index (χ2v) is 7.83. The van der Waals surface area contributed by atoms with E-state index in [4.69, 9.17) is 4.74 Å². The van der Waals surface area contributed by atoms with E-state index in [-0.39, 0.29) is 22.3 Å². The van der Waals surface area contributed by atoms with Gasteiger partial charge >= 0.3 is 0 Å². The van der Waals surface area contributed by atoms with Gasteiger partial charge in [0.2, 0.25) is 5.91 Å². The van der Waals surface area contributed by atoms with Crippen LogP contribution in [0, 0.1) is 11.6 Å². The number of ether oxygens (including phenoxy) is 1. The average Bonchev–Trinajstić information content (AvgIpc) is 3.13. The highest BCUT2D eigenvalue weighted by molar-refractivity contribution is 6.34. The molecule has 0 saturated heterocycles. The van der Waals surface area contributed by atoms with E-state index in [1.807, 2.05) is 6.92 Å². The van der Waals surface area contributed by atoms with Gasteiger partial charge in [-0.1, -0.05) is 6.07 Å². The van der Waals surface area contributed by atoms with E-state index in [1.54, 1.807) is 24.3 Å². The highest BCUT2D eigenvalue weighted by Crippen LogP contribution is 2.30. The van der Waals surface area contributed by atoms with E-state index < -0.39 is 41.3 Å². The molecule has 1 unspecified atom stereocenters. The Bertz CT molecular complexity index is 1370. The number of nitrogens with zero attached hydrogens (tertiary/aromatic N) is 1. The van der Waals surface area contributed by atoms with Crippen LogP contribution in [0.4, 0.5) is 14.5 Å². The molecule has 1 aliphatic rings. The van der Waals surface area contributed by atoms with Crippen molar-refractivity contribution in [3.63, 3.8) is 0 Å². The van der Waals surface area contributed by atoms with E-state index >= 15 is 0 Å². The minimum absolute atomic E-state index is 0.0000644. The normalized spacial score (nSPS) is 13.3. The lowest BCUT2D eigenvalue weighted by Crippen LogP contribution is -2.39. The van der Waals surface area contributed by atoms with Crippen molar-refractivity contribution in [3.8, 4) is 5.75 Å². The molecule has 2 N–H and O–H groups in total. The minimum Gasteiger partial charge on any atom is -0.494 e. The molecule has 10 heteroatoms. The summed E-state index contributed by atoms with van der Waals surface area (Å²) >= 11 is 0. The van der Waals surface area contributed by atoms with E-state index in [9.17, 15) is 28.0 Å².